The van der Waals surface area contributed by atoms with Crippen LogP contribution in [0.2, 0.25) is 0 Å². The van der Waals surface area contributed by atoms with Gasteiger partial charge in [-0.3, -0.25) is 14.6 Å². The van der Waals surface area contributed by atoms with Crippen LogP contribution in [0.25, 0.3) is 11.3 Å². The molecule has 0 saturated carbocycles. The molecule has 1 amide bonds. The Hall–Kier alpha value is -2.93. The standard InChI is InChI=1S/C20H24N6O/c1-12-19(13(2)25(3)24-12)17-9-18(23-22-17)20(27)26-10-15(16(21)11-26)14-7-5-4-6-8-14/h4-9,15-16H,10-11,21H2,1-3H3,(H,22,23)/t15-,16+/m0/s1. The number of nitrogens with one attached hydrogen (secondary N) is 1. The number of nitrogens with two attached hydrogens (primary N) is 1. The topological polar surface area (TPSA) is 92.8 Å². The zero-order chi connectivity index (χ0) is 19.1. The number of amides is 1. The van der Waals surface area contributed by atoms with Gasteiger partial charge in [0, 0.05) is 43.4 Å². The van der Waals surface area contributed by atoms with E-state index < -0.39 is 0 Å². The lowest BCUT2D eigenvalue weighted by molar-refractivity contribution is 0.0783. The maximum absolute atomic E-state index is 13.0. The van der Waals surface area contributed by atoms with E-state index >= 15 is 0 Å². The molecule has 1 saturated heterocycles. The van der Waals surface area contributed by atoms with E-state index in [2.05, 4.69) is 27.4 Å². The second-order valence-electron chi connectivity index (χ2n) is 7.23. The Morgan fingerprint density at radius 1 is 1.22 bits per heavy atom. The minimum atomic E-state index is -0.0680. The number of aromatic amines is 1. The number of carbonyl (C=O) groups excluding carboxylic acids is 1. The Labute approximate surface area is 158 Å². The first-order valence-electron chi connectivity index (χ1n) is 9.11. The summed E-state index contributed by atoms with van der Waals surface area (Å²) in [6.07, 6.45) is 0. The molecule has 140 valence electrons. The second kappa shape index (κ2) is 6.66. The van der Waals surface area contributed by atoms with Gasteiger partial charge in [-0.05, 0) is 25.5 Å². The molecule has 3 aromatic rings. The largest absolute Gasteiger partial charge is 0.335 e. The lowest BCUT2D eigenvalue weighted by Crippen LogP contribution is -2.32. The molecular formula is C20H24N6O. The van der Waals surface area contributed by atoms with Crippen molar-refractivity contribution in [2.24, 2.45) is 12.8 Å². The third kappa shape index (κ3) is 3.04. The number of rotatable bonds is 3. The predicted octanol–water partition coefficient (Wildman–Crippen LogP) is 1.99. The quantitative estimate of drug-likeness (QED) is 0.743. The zero-order valence-electron chi connectivity index (χ0n) is 15.8. The van der Waals surface area contributed by atoms with E-state index in [9.17, 15) is 4.79 Å². The van der Waals surface area contributed by atoms with E-state index in [1.54, 1.807) is 6.07 Å². The molecule has 1 aliphatic heterocycles. The van der Waals surface area contributed by atoms with E-state index in [0.717, 1.165) is 22.6 Å². The van der Waals surface area contributed by atoms with Gasteiger partial charge in [0.1, 0.15) is 5.69 Å². The highest BCUT2D eigenvalue weighted by atomic mass is 16.2. The molecule has 7 nitrogen and oxygen atoms in total. The van der Waals surface area contributed by atoms with E-state index in [1.807, 2.05) is 48.7 Å². The molecule has 0 spiro atoms. The van der Waals surface area contributed by atoms with E-state index in [0.29, 0.717) is 18.8 Å². The van der Waals surface area contributed by atoms with E-state index in [4.69, 9.17) is 5.73 Å². The fraction of sp³-hybridized carbons (Fsp3) is 0.350. The zero-order valence-corrected chi connectivity index (χ0v) is 15.8. The van der Waals surface area contributed by atoms with Crippen LogP contribution in [0.3, 0.4) is 0 Å². The summed E-state index contributed by atoms with van der Waals surface area (Å²) in [5.41, 5.74) is 11.6. The van der Waals surface area contributed by atoms with Crippen LogP contribution in [0.1, 0.15) is 33.4 Å². The Morgan fingerprint density at radius 3 is 2.63 bits per heavy atom. The first kappa shape index (κ1) is 17.5. The number of hydrogen-bond acceptors (Lipinski definition) is 4. The smallest absolute Gasteiger partial charge is 0.271 e. The van der Waals surface area contributed by atoms with Crippen LogP contribution in [-0.2, 0) is 7.05 Å². The fourth-order valence-corrected chi connectivity index (χ4v) is 3.92. The fourth-order valence-electron chi connectivity index (χ4n) is 3.92. The molecule has 1 aliphatic rings. The van der Waals surface area contributed by atoms with Crippen LogP contribution in [0, 0.1) is 13.8 Å². The first-order valence-corrected chi connectivity index (χ1v) is 9.11. The van der Waals surface area contributed by atoms with Crippen molar-refractivity contribution in [3.05, 3.63) is 59.0 Å². The molecule has 0 bridgehead atoms. The molecule has 3 heterocycles. The van der Waals surface area contributed by atoms with Crippen molar-refractivity contribution in [2.75, 3.05) is 13.1 Å². The molecule has 27 heavy (non-hydrogen) atoms. The van der Waals surface area contributed by atoms with Gasteiger partial charge in [-0.2, -0.15) is 10.2 Å². The third-order valence-corrected chi connectivity index (χ3v) is 5.45. The monoisotopic (exact) mass is 364 g/mol. The maximum atomic E-state index is 13.0. The third-order valence-electron chi connectivity index (χ3n) is 5.45. The highest BCUT2D eigenvalue weighted by Crippen LogP contribution is 2.29. The number of aryl methyl sites for hydroxylation is 2. The number of nitrogens with zero attached hydrogens (tertiary/aromatic N) is 4. The Balaban J connectivity index is 1.55. The maximum Gasteiger partial charge on any atom is 0.271 e. The Bertz CT molecular complexity index is 974. The predicted molar refractivity (Wildman–Crippen MR) is 103 cm³/mol. The summed E-state index contributed by atoms with van der Waals surface area (Å²) in [4.78, 5) is 14.8. The molecule has 0 unspecified atom stereocenters. The molecule has 3 N–H and O–H groups in total. The van der Waals surface area contributed by atoms with Crippen molar-refractivity contribution in [2.45, 2.75) is 25.8 Å². The first-order chi connectivity index (χ1) is 13.0. The van der Waals surface area contributed by atoms with Crippen molar-refractivity contribution in [1.29, 1.82) is 0 Å². The van der Waals surface area contributed by atoms with Crippen LogP contribution < -0.4 is 5.73 Å². The van der Waals surface area contributed by atoms with Crippen molar-refractivity contribution >= 4 is 5.91 Å². The molecule has 4 rings (SSSR count). The van der Waals surface area contributed by atoms with E-state index in [1.165, 1.54) is 5.56 Å². The van der Waals surface area contributed by atoms with Crippen molar-refractivity contribution in [3.8, 4) is 11.3 Å². The molecule has 1 fully saturated rings. The minimum absolute atomic E-state index is 0.0678. The van der Waals surface area contributed by atoms with Gasteiger partial charge in [0.15, 0.2) is 0 Å². The van der Waals surface area contributed by atoms with Crippen molar-refractivity contribution in [3.63, 3.8) is 0 Å². The van der Waals surface area contributed by atoms with Crippen LogP contribution in [0.15, 0.2) is 36.4 Å². The van der Waals surface area contributed by atoms with Crippen molar-refractivity contribution in [1.82, 2.24) is 24.9 Å². The van der Waals surface area contributed by atoms with Crippen LogP contribution in [0.5, 0.6) is 0 Å². The summed E-state index contributed by atoms with van der Waals surface area (Å²) in [7, 11) is 1.90. The molecule has 7 heteroatoms. The van der Waals surface area contributed by atoms with Gasteiger partial charge >= 0.3 is 0 Å². The van der Waals surface area contributed by atoms with Gasteiger partial charge in [0.25, 0.3) is 5.91 Å². The summed E-state index contributed by atoms with van der Waals surface area (Å²) < 4.78 is 1.82. The number of hydrogen-bond donors (Lipinski definition) is 2. The second-order valence-corrected chi connectivity index (χ2v) is 7.23. The lowest BCUT2D eigenvalue weighted by atomic mass is 9.95. The molecular weight excluding hydrogens is 340 g/mol. The summed E-state index contributed by atoms with van der Waals surface area (Å²) in [5.74, 6) is 0.0854. The van der Waals surface area contributed by atoms with E-state index in [-0.39, 0.29) is 17.9 Å². The SMILES string of the molecule is Cc1nn(C)c(C)c1-c1cc(C(=O)N2C[C@@H](N)[C@H](c3ccccc3)C2)[nH]n1. The van der Waals surface area contributed by atoms with Gasteiger partial charge in [-0.1, -0.05) is 30.3 Å². The summed E-state index contributed by atoms with van der Waals surface area (Å²) in [6.45, 7) is 5.10. The van der Waals surface area contributed by atoms with Gasteiger partial charge < -0.3 is 10.6 Å². The van der Waals surface area contributed by atoms with Gasteiger partial charge in [0.2, 0.25) is 0 Å². The van der Waals surface area contributed by atoms with Crippen LogP contribution >= 0.6 is 0 Å². The van der Waals surface area contributed by atoms with Crippen molar-refractivity contribution < 1.29 is 4.79 Å². The molecule has 2 aromatic heterocycles. The number of aromatic nitrogens is 4. The van der Waals surface area contributed by atoms with Gasteiger partial charge in [0.05, 0.1) is 11.4 Å². The number of H-pyrrole nitrogens is 1. The Kier molecular flexibility index (Phi) is 4.31. The normalized spacial score (nSPS) is 19.6. The van der Waals surface area contributed by atoms with Crippen LogP contribution in [-0.4, -0.2) is 49.9 Å². The minimum Gasteiger partial charge on any atom is -0.335 e. The number of benzene rings is 1. The van der Waals surface area contributed by atoms with Gasteiger partial charge in [-0.25, -0.2) is 0 Å². The summed E-state index contributed by atoms with van der Waals surface area (Å²) in [6, 6.07) is 11.9. The average molecular weight is 364 g/mol. The lowest BCUT2D eigenvalue weighted by Gasteiger charge is -2.15. The molecule has 1 aromatic carbocycles. The van der Waals surface area contributed by atoms with Crippen LogP contribution in [0.4, 0.5) is 0 Å². The Morgan fingerprint density at radius 2 is 1.96 bits per heavy atom. The highest BCUT2D eigenvalue weighted by molar-refractivity contribution is 5.94. The van der Waals surface area contributed by atoms with Gasteiger partial charge in [-0.15, -0.1) is 0 Å². The number of carbonyl (C=O) groups is 1. The average Bonchev–Trinajstić information content (AvgIpc) is 3.34. The summed E-state index contributed by atoms with van der Waals surface area (Å²) >= 11 is 0. The molecule has 0 radical (unpaired) electrons. The number of likely N-dealkylation sites (tertiary alicyclic amines) is 1. The molecule has 2 atom stereocenters. The molecule has 0 aliphatic carbocycles. The highest BCUT2D eigenvalue weighted by Gasteiger charge is 2.34. The summed E-state index contributed by atoms with van der Waals surface area (Å²) in [5, 5.41) is 11.7.